The highest BCUT2D eigenvalue weighted by Gasteiger charge is 2.12. The van der Waals surface area contributed by atoms with Crippen molar-refractivity contribution in [2.75, 3.05) is 0 Å². The van der Waals surface area contributed by atoms with Crippen LogP contribution in [0.4, 0.5) is 0 Å². The van der Waals surface area contributed by atoms with E-state index < -0.39 is 12.0 Å². The Morgan fingerprint density at radius 3 is 2.00 bits per heavy atom. The van der Waals surface area contributed by atoms with E-state index in [2.05, 4.69) is 24.4 Å². The Morgan fingerprint density at radius 2 is 1.43 bits per heavy atom. The van der Waals surface area contributed by atoms with Crippen molar-refractivity contribution in [1.29, 1.82) is 0 Å². The first-order chi connectivity index (χ1) is 11.1. The first kappa shape index (κ1) is 21.7. The third kappa shape index (κ3) is 15.4. The number of rotatable bonds is 15. The van der Waals surface area contributed by atoms with Crippen molar-refractivity contribution in [3.8, 4) is 0 Å². The van der Waals surface area contributed by atoms with Crippen molar-refractivity contribution in [2.24, 2.45) is 0 Å². The predicted octanol–water partition coefficient (Wildman–Crippen LogP) is 4.83. The van der Waals surface area contributed by atoms with Gasteiger partial charge in [0.25, 0.3) is 0 Å². The van der Waals surface area contributed by atoms with E-state index in [1.165, 1.54) is 51.9 Å². The number of amides is 1. The highest BCUT2D eigenvalue weighted by atomic mass is 16.4. The van der Waals surface area contributed by atoms with Crippen molar-refractivity contribution in [3.05, 3.63) is 12.2 Å². The molecular weight excluding hydrogens is 290 g/mol. The summed E-state index contributed by atoms with van der Waals surface area (Å²) in [6.07, 6.45) is 18.1. The molecule has 0 aliphatic rings. The minimum atomic E-state index is -0.989. The molecule has 0 heterocycles. The van der Waals surface area contributed by atoms with Crippen LogP contribution in [0.1, 0.15) is 90.9 Å². The second kappa shape index (κ2) is 15.6. The van der Waals surface area contributed by atoms with E-state index in [-0.39, 0.29) is 5.91 Å². The molecule has 0 spiro atoms. The van der Waals surface area contributed by atoms with Gasteiger partial charge in [-0.15, -0.1) is 0 Å². The summed E-state index contributed by atoms with van der Waals surface area (Å²) in [5.74, 6) is -1.15. The maximum Gasteiger partial charge on any atom is 0.325 e. The number of carbonyl (C=O) groups is 2. The van der Waals surface area contributed by atoms with E-state index in [1.54, 1.807) is 0 Å². The molecule has 0 bridgehead atoms. The molecule has 1 unspecified atom stereocenters. The van der Waals surface area contributed by atoms with Crippen molar-refractivity contribution in [1.82, 2.24) is 5.32 Å². The predicted molar refractivity (Wildman–Crippen MR) is 95.5 cm³/mol. The summed E-state index contributed by atoms with van der Waals surface area (Å²) in [4.78, 5) is 22.1. The van der Waals surface area contributed by atoms with Gasteiger partial charge in [-0.3, -0.25) is 9.59 Å². The molecular formula is C19H35NO3. The fourth-order valence-corrected chi connectivity index (χ4v) is 2.38. The van der Waals surface area contributed by atoms with Crippen molar-refractivity contribution < 1.29 is 14.7 Å². The first-order valence-electron chi connectivity index (χ1n) is 9.25. The van der Waals surface area contributed by atoms with Gasteiger partial charge in [-0.2, -0.15) is 0 Å². The second-order valence-electron chi connectivity index (χ2n) is 6.25. The number of nitrogens with one attached hydrogen (secondary N) is 1. The molecule has 1 atom stereocenters. The van der Waals surface area contributed by atoms with Crippen molar-refractivity contribution in [3.63, 3.8) is 0 Å². The Kier molecular flexibility index (Phi) is 14.7. The number of aliphatic carboxylic acids is 1. The number of hydrogen-bond acceptors (Lipinski definition) is 2. The topological polar surface area (TPSA) is 66.4 Å². The van der Waals surface area contributed by atoms with Gasteiger partial charge in [0, 0.05) is 6.42 Å². The fourth-order valence-electron chi connectivity index (χ4n) is 2.38. The lowest BCUT2D eigenvalue weighted by Gasteiger charge is -2.08. The lowest BCUT2D eigenvalue weighted by Crippen LogP contribution is -2.38. The zero-order valence-electron chi connectivity index (χ0n) is 15.0. The molecule has 1 amide bonds. The number of carboxylic acids is 1. The molecule has 0 radical (unpaired) electrons. The summed E-state index contributed by atoms with van der Waals surface area (Å²) in [6.45, 7) is 3.72. The molecule has 0 saturated carbocycles. The highest BCUT2D eigenvalue weighted by molar-refractivity contribution is 5.83. The standard InChI is InChI=1S/C19H35NO3/c1-3-4-5-6-7-8-9-10-11-12-13-14-15-16-18(21)20-17(2)19(22)23/h8-9,17H,3-7,10-16H2,1-2H3,(H,20,21)(H,22,23). The second-order valence-corrected chi connectivity index (χ2v) is 6.25. The normalized spacial score (nSPS) is 12.4. The molecule has 4 nitrogen and oxygen atoms in total. The van der Waals surface area contributed by atoms with Crippen LogP contribution < -0.4 is 5.32 Å². The lowest BCUT2D eigenvalue weighted by molar-refractivity contribution is -0.141. The monoisotopic (exact) mass is 325 g/mol. The highest BCUT2D eigenvalue weighted by Crippen LogP contribution is 2.09. The Hall–Kier alpha value is -1.32. The molecule has 4 heteroatoms. The van der Waals surface area contributed by atoms with Crippen LogP contribution >= 0.6 is 0 Å². The van der Waals surface area contributed by atoms with E-state index in [4.69, 9.17) is 5.11 Å². The Balaban J connectivity index is 3.31. The molecule has 0 aliphatic carbocycles. The zero-order chi connectivity index (χ0) is 17.3. The van der Waals surface area contributed by atoms with Gasteiger partial charge in [-0.05, 0) is 39.0 Å². The van der Waals surface area contributed by atoms with Crippen molar-refractivity contribution in [2.45, 2.75) is 96.9 Å². The first-order valence-corrected chi connectivity index (χ1v) is 9.25. The Bertz CT molecular complexity index is 340. The van der Waals surface area contributed by atoms with E-state index in [0.29, 0.717) is 6.42 Å². The van der Waals surface area contributed by atoms with Gasteiger partial charge in [0.1, 0.15) is 6.04 Å². The Morgan fingerprint density at radius 1 is 0.913 bits per heavy atom. The van der Waals surface area contributed by atoms with Gasteiger partial charge >= 0.3 is 5.97 Å². The average molecular weight is 325 g/mol. The third-order valence-electron chi connectivity index (χ3n) is 3.91. The maximum atomic E-state index is 11.5. The van der Waals surface area contributed by atoms with Gasteiger partial charge in [-0.1, -0.05) is 57.6 Å². The summed E-state index contributed by atoms with van der Waals surface area (Å²) in [6, 6.07) is -0.795. The molecule has 0 fully saturated rings. The molecule has 0 rings (SSSR count). The molecule has 0 aromatic heterocycles. The van der Waals surface area contributed by atoms with Gasteiger partial charge in [0.2, 0.25) is 5.91 Å². The number of unbranched alkanes of at least 4 members (excludes halogenated alkanes) is 9. The molecule has 0 aromatic carbocycles. The largest absolute Gasteiger partial charge is 0.480 e. The van der Waals surface area contributed by atoms with Crippen LogP contribution in [0.5, 0.6) is 0 Å². The molecule has 2 N–H and O–H groups in total. The molecule has 134 valence electrons. The quantitative estimate of drug-likeness (QED) is 0.335. The fraction of sp³-hybridized carbons (Fsp3) is 0.789. The van der Waals surface area contributed by atoms with Crippen LogP contribution in [-0.2, 0) is 9.59 Å². The van der Waals surface area contributed by atoms with E-state index in [0.717, 1.165) is 25.7 Å². The summed E-state index contributed by atoms with van der Waals surface area (Å²) >= 11 is 0. The molecule has 0 aromatic rings. The van der Waals surface area contributed by atoms with Crippen LogP contribution in [0.3, 0.4) is 0 Å². The minimum absolute atomic E-state index is 0.161. The van der Waals surface area contributed by atoms with Crippen LogP contribution in [0.25, 0.3) is 0 Å². The summed E-state index contributed by atoms with van der Waals surface area (Å²) in [7, 11) is 0. The van der Waals surface area contributed by atoms with Gasteiger partial charge < -0.3 is 10.4 Å². The smallest absolute Gasteiger partial charge is 0.325 e. The van der Waals surface area contributed by atoms with Gasteiger partial charge in [-0.25, -0.2) is 0 Å². The summed E-state index contributed by atoms with van der Waals surface area (Å²) < 4.78 is 0. The maximum absolute atomic E-state index is 11.5. The SMILES string of the molecule is CCCCCCC=CCCCCCCCC(=O)NC(C)C(=O)O. The van der Waals surface area contributed by atoms with Crippen LogP contribution in [0.15, 0.2) is 12.2 Å². The van der Waals surface area contributed by atoms with Crippen LogP contribution in [0.2, 0.25) is 0 Å². The lowest BCUT2D eigenvalue weighted by atomic mass is 10.1. The van der Waals surface area contributed by atoms with E-state index in [1.807, 2.05) is 0 Å². The van der Waals surface area contributed by atoms with E-state index >= 15 is 0 Å². The summed E-state index contributed by atoms with van der Waals surface area (Å²) in [5, 5.41) is 11.2. The van der Waals surface area contributed by atoms with E-state index in [9.17, 15) is 9.59 Å². The minimum Gasteiger partial charge on any atom is -0.480 e. The van der Waals surface area contributed by atoms with Crippen LogP contribution in [0, 0.1) is 0 Å². The number of allylic oxidation sites excluding steroid dienone is 2. The number of hydrogen-bond donors (Lipinski definition) is 2. The van der Waals surface area contributed by atoms with Gasteiger partial charge in [0.15, 0.2) is 0 Å². The van der Waals surface area contributed by atoms with Gasteiger partial charge in [0.05, 0.1) is 0 Å². The van der Waals surface area contributed by atoms with Crippen LogP contribution in [-0.4, -0.2) is 23.0 Å². The summed E-state index contributed by atoms with van der Waals surface area (Å²) in [5.41, 5.74) is 0. The molecule has 23 heavy (non-hydrogen) atoms. The molecule has 0 aliphatic heterocycles. The Labute approximate surface area is 141 Å². The number of carbonyl (C=O) groups excluding carboxylic acids is 1. The molecule has 0 saturated heterocycles. The average Bonchev–Trinajstić information content (AvgIpc) is 2.51. The van der Waals surface area contributed by atoms with Crippen molar-refractivity contribution >= 4 is 11.9 Å². The zero-order valence-corrected chi connectivity index (χ0v) is 15.0. The third-order valence-corrected chi connectivity index (χ3v) is 3.91. The number of carboxylic acid groups (broad SMARTS) is 1.